The summed E-state index contributed by atoms with van der Waals surface area (Å²) >= 11 is 1.44. The maximum absolute atomic E-state index is 12.0. The van der Waals surface area contributed by atoms with Crippen LogP contribution in [0.5, 0.6) is 0 Å². The number of hydrogen-bond donors (Lipinski definition) is 2. The average molecular weight is 388 g/mol. The van der Waals surface area contributed by atoms with Gasteiger partial charge in [-0.05, 0) is 19.1 Å². The lowest BCUT2D eigenvalue weighted by Crippen LogP contribution is -2.51. The van der Waals surface area contributed by atoms with Gasteiger partial charge in [-0.2, -0.15) is 0 Å². The van der Waals surface area contributed by atoms with Crippen LogP contribution >= 0.6 is 11.3 Å². The van der Waals surface area contributed by atoms with E-state index in [4.69, 9.17) is 0 Å². The Morgan fingerprint density at radius 1 is 1.11 bits per heavy atom. The largest absolute Gasteiger partial charge is 0.295 e. The van der Waals surface area contributed by atoms with Gasteiger partial charge in [0.2, 0.25) is 5.91 Å². The molecule has 3 rings (SSSR count). The number of carbonyl (C=O) groups is 2. The fourth-order valence-corrected chi connectivity index (χ4v) is 3.64. The number of nitrogens with one attached hydrogen (secondary N) is 2. The van der Waals surface area contributed by atoms with Gasteiger partial charge < -0.3 is 0 Å². The summed E-state index contributed by atoms with van der Waals surface area (Å²) in [6.45, 7) is 6.38. The third kappa shape index (κ3) is 6.38. The van der Waals surface area contributed by atoms with Crippen molar-refractivity contribution in [1.82, 2.24) is 30.6 Å². The molecule has 0 radical (unpaired) electrons. The quantitative estimate of drug-likeness (QED) is 0.695. The molecule has 144 valence electrons. The normalized spacial score (nSPS) is 15.4. The van der Waals surface area contributed by atoms with E-state index in [0.717, 1.165) is 49.1 Å². The molecule has 27 heavy (non-hydrogen) atoms. The summed E-state index contributed by atoms with van der Waals surface area (Å²) < 4.78 is 0. The highest BCUT2D eigenvalue weighted by Gasteiger charge is 2.19. The lowest BCUT2D eigenvalue weighted by atomic mass is 10.2. The van der Waals surface area contributed by atoms with Gasteiger partial charge in [0.05, 0.1) is 18.7 Å². The van der Waals surface area contributed by atoms with E-state index in [0.29, 0.717) is 0 Å². The monoisotopic (exact) mass is 388 g/mol. The molecule has 2 N–H and O–H groups in total. The molecule has 0 bridgehead atoms. The highest BCUT2D eigenvalue weighted by Crippen LogP contribution is 2.09. The molecule has 0 atom stereocenters. The van der Waals surface area contributed by atoms with Crippen LogP contribution in [-0.2, 0) is 22.6 Å². The molecule has 9 heteroatoms. The van der Waals surface area contributed by atoms with E-state index in [1.807, 2.05) is 30.5 Å². The van der Waals surface area contributed by atoms with Crippen LogP contribution in [0.2, 0.25) is 0 Å². The van der Waals surface area contributed by atoms with E-state index in [2.05, 4.69) is 30.6 Å². The summed E-state index contributed by atoms with van der Waals surface area (Å²) in [7, 11) is 0. The lowest BCUT2D eigenvalue weighted by molar-refractivity contribution is -0.129. The summed E-state index contributed by atoms with van der Waals surface area (Å²) in [4.78, 5) is 36.9. The minimum Gasteiger partial charge on any atom is -0.295 e. The number of pyridine rings is 1. The van der Waals surface area contributed by atoms with Crippen LogP contribution < -0.4 is 10.9 Å². The Labute approximate surface area is 162 Å². The Hall–Kier alpha value is -2.36. The van der Waals surface area contributed by atoms with Crippen LogP contribution in [0.4, 0.5) is 0 Å². The number of thiazole rings is 1. The first-order valence-corrected chi connectivity index (χ1v) is 9.80. The maximum Gasteiger partial charge on any atom is 0.252 e. The number of amides is 2. The molecule has 3 heterocycles. The van der Waals surface area contributed by atoms with Crippen LogP contribution in [-0.4, -0.2) is 64.3 Å². The Morgan fingerprint density at radius 2 is 1.85 bits per heavy atom. The third-order valence-corrected chi connectivity index (χ3v) is 5.23. The zero-order valence-corrected chi connectivity index (χ0v) is 16.2. The van der Waals surface area contributed by atoms with Crippen molar-refractivity contribution in [2.45, 2.75) is 19.9 Å². The molecule has 1 aliphatic heterocycles. The molecule has 1 fully saturated rings. The van der Waals surface area contributed by atoms with Crippen LogP contribution in [0.1, 0.15) is 16.4 Å². The van der Waals surface area contributed by atoms with Gasteiger partial charge in [0.15, 0.2) is 0 Å². The van der Waals surface area contributed by atoms with Crippen LogP contribution in [0.15, 0.2) is 29.8 Å². The van der Waals surface area contributed by atoms with E-state index in [9.17, 15) is 9.59 Å². The van der Waals surface area contributed by atoms with Crippen LogP contribution in [0.3, 0.4) is 0 Å². The molecule has 1 saturated heterocycles. The van der Waals surface area contributed by atoms with Crippen LogP contribution in [0.25, 0.3) is 0 Å². The van der Waals surface area contributed by atoms with E-state index >= 15 is 0 Å². The van der Waals surface area contributed by atoms with Crippen molar-refractivity contribution in [2.75, 3.05) is 32.7 Å². The molecule has 0 spiro atoms. The van der Waals surface area contributed by atoms with Crippen molar-refractivity contribution in [1.29, 1.82) is 0 Å². The zero-order chi connectivity index (χ0) is 19.1. The number of piperazine rings is 1. The first-order chi connectivity index (χ1) is 13.1. The smallest absolute Gasteiger partial charge is 0.252 e. The molecule has 2 aromatic rings. The maximum atomic E-state index is 12.0. The van der Waals surface area contributed by atoms with Crippen molar-refractivity contribution < 1.29 is 9.59 Å². The number of nitrogens with zero attached hydrogens (tertiary/aromatic N) is 4. The van der Waals surface area contributed by atoms with Gasteiger partial charge in [0.25, 0.3) is 5.91 Å². The predicted molar refractivity (Wildman–Crippen MR) is 103 cm³/mol. The Bertz CT molecular complexity index is 758. The highest BCUT2D eigenvalue weighted by molar-refractivity contribution is 7.09. The second-order valence-corrected chi connectivity index (χ2v) is 7.47. The van der Waals surface area contributed by atoms with Crippen molar-refractivity contribution in [3.05, 3.63) is 46.2 Å². The van der Waals surface area contributed by atoms with Crippen molar-refractivity contribution in [3.63, 3.8) is 0 Å². The molecule has 2 amide bonds. The number of aryl methyl sites for hydroxylation is 1. The topological polar surface area (TPSA) is 90.5 Å². The number of hydrogen-bond acceptors (Lipinski definition) is 7. The lowest BCUT2D eigenvalue weighted by Gasteiger charge is -2.34. The molecule has 0 aromatic carbocycles. The zero-order valence-electron chi connectivity index (χ0n) is 15.4. The van der Waals surface area contributed by atoms with E-state index in [-0.39, 0.29) is 24.8 Å². The first-order valence-electron chi connectivity index (χ1n) is 8.92. The number of aromatic nitrogens is 2. The summed E-state index contributed by atoms with van der Waals surface area (Å²) in [5, 5.41) is 2.64. The fourth-order valence-electron chi connectivity index (χ4n) is 2.87. The Balaban J connectivity index is 1.32. The van der Waals surface area contributed by atoms with Crippen LogP contribution in [0, 0.1) is 6.92 Å². The van der Waals surface area contributed by atoms with Crippen molar-refractivity contribution >= 4 is 23.2 Å². The summed E-state index contributed by atoms with van der Waals surface area (Å²) in [5.74, 6) is -0.477. The minimum absolute atomic E-state index is 0.172. The van der Waals surface area contributed by atoms with Crippen molar-refractivity contribution in [3.8, 4) is 0 Å². The van der Waals surface area contributed by atoms with E-state index < -0.39 is 0 Å². The molecular weight excluding hydrogens is 364 g/mol. The molecule has 8 nitrogen and oxygen atoms in total. The standard InChI is InChI=1S/C18H24N6O2S/c1-14-13-27-18(20-14)10-16(25)21-22-17(26)12-24-8-6-23(7-9-24)11-15-4-2-3-5-19-15/h2-5,13H,6-12H2,1H3,(H,21,25)(H,22,26). The van der Waals surface area contributed by atoms with E-state index in [1.165, 1.54) is 11.3 Å². The molecular formula is C18H24N6O2S. The minimum atomic E-state index is -0.266. The Kier molecular flexibility index (Phi) is 6.86. The van der Waals surface area contributed by atoms with Gasteiger partial charge in [-0.3, -0.25) is 35.2 Å². The number of hydrazine groups is 1. The highest BCUT2D eigenvalue weighted by atomic mass is 32.1. The van der Waals surface area contributed by atoms with Gasteiger partial charge in [-0.25, -0.2) is 4.98 Å². The molecule has 0 saturated carbocycles. The number of carbonyl (C=O) groups excluding carboxylic acids is 2. The molecule has 2 aromatic heterocycles. The summed E-state index contributed by atoms with van der Waals surface area (Å²) in [5.41, 5.74) is 6.89. The molecule has 0 aliphatic carbocycles. The fraction of sp³-hybridized carbons (Fsp3) is 0.444. The van der Waals surface area contributed by atoms with Crippen molar-refractivity contribution in [2.24, 2.45) is 0 Å². The Morgan fingerprint density at radius 3 is 2.52 bits per heavy atom. The number of rotatable bonds is 6. The second-order valence-electron chi connectivity index (χ2n) is 6.53. The van der Waals surface area contributed by atoms with Gasteiger partial charge in [0, 0.05) is 50.0 Å². The van der Waals surface area contributed by atoms with E-state index in [1.54, 1.807) is 6.20 Å². The van der Waals surface area contributed by atoms with Gasteiger partial charge >= 0.3 is 0 Å². The van der Waals surface area contributed by atoms with Gasteiger partial charge in [0.1, 0.15) is 5.01 Å². The SMILES string of the molecule is Cc1csc(CC(=O)NNC(=O)CN2CCN(Cc3ccccn3)CC2)n1. The predicted octanol–water partition coefficient (Wildman–Crippen LogP) is 0.354. The third-order valence-electron chi connectivity index (χ3n) is 4.26. The summed E-state index contributed by atoms with van der Waals surface area (Å²) in [6.07, 6.45) is 1.98. The first kappa shape index (κ1) is 19.4. The second kappa shape index (κ2) is 9.54. The molecule has 0 unspecified atom stereocenters. The van der Waals surface area contributed by atoms with Gasteiger partial charge in [-0.15, -0.1) is 11.3 Å². The summed E-state index contributed by atoms with van der Waals surface area (Å²) in [6, 6.07) is 5.93. The average Bonchev–Trinajstić information content (AvgIpc) is 3.07. The van der Waals surface area contributed by atoms with Gasteiger partial charge in [-0.1, -0.05) is 6.07 Å². The molecule has 1 aliphatic rings.